The standard InChI is InChI=1S/C11H9BF2O2/c13-11(14)10-6-8(12(15)16)5-7-3-1-2-4-9(7)10/h1-6,11,15-16H. The van der Waals surface area contributed by atoms with Crippen LogP contribution in [0.25, 0.3) is 10.8 Å². The molecule has 0 spiro atoms. The Balaban J connectivity index is 2.74. The van der Waals surface area contributed by atoms with Crippen molar-refractivity contribution in [3.63, 3.8) is 0 Å². The average molecular weight is 222 g/mol. The molecule has 2 aromatic rings. The summed E-state index contributed by atoms with van der Waals surface area (Å²) in [7, 11) is -1.73. The largest absolute Gasteiger partial charge is 0.488 e. The van der Waals surface area contributed by atoms with Crippen molar-refractivity contribution in [1.82, 2.24) is 0 Å². The highest BCUT2D eigenvalue weighted by atomic mass is 19.3. The van der Waals surface area contributed by atoms with E-state index in [1.54, 1.807) is 24.3 Å². The lowest BCUT2D eigenvalue weighted by atomic mass is 9.78. The molecule has 0 atom stereocenters. The molecule has 0 fully saturated rings. The summed E-state index contributed by atoms with van der Waals surface area (Å²) in [5, 5.41) is 19.0. The summed E-state index contributed by atoms with van der Waals surface area (Å²) in [6.07, 6.45) is -2.64. The molecular weight excluding hydrogens is 213 g/mol. The summed E-state index contributed by atoms with van der Waals surface area (Å²) in [5.41, 5.74) is -0.102. The highest BCUT2D eigenvalue weighted by Gasteiger charge is 2.18. The number of fused-ring (bicyclic) bond motifs is 1. The van der Waals surface area contributed by atoms with Gasteiger partial charge < -0.3 is 10.0 Å². The van der Waals surface area contributed by atoms with Gasteiger partial charge in [0, 0.05) is 5.56 Å². The second-order valence-electron chi connectivity index (χ2n) is 3.51. The van der Waals surface area contributed by atoms with Crippen LogP contribution < -0.4 is 5.46 Å². The summed E-state index contributed by atoms with van der Waals surface area (Å²) < 4.78 is 25.6. The molecule has 0 aliphatic carbocycles. The topological polar surface area (TPSA) is 40.5 Å². The Kier molecular flexibility index (Phi) is 2.89. The number of alkyl halides is 2. The van der Waals surface area contributed by atoms with Crippen LogP contribution in [0.1, 0.15) is 12.0 Å². The van der Waals surface area contributed by atoms with E-state index in [0.717, 1.165) is 6.07 Å². The van der Waals surface area contributed by atoms with E-state index >= 15 is 0 Å². The lowest BCUT2D eigenvalue weighted by molar-refractivity contribution is 0.153. The Morgan fingerprint density at radius 2 is 1.75 bits per heavy atom. The molecule has 2 N–H and O–H groups in total. The smallest absolute Gasteiger partial charge is 0.423 e. The maximum Gasteiger partial charge on any atom is 0.488 e. The predicted molar refractivity (Wildman–Crippen MR) is 58.7 cm³/mol. The molecule has 82 valence electrons. The second kappa shape index (κ2) is 4.19. The first kappa shape index (κ1) is 11.0. The Morgan fingerprint density at radius 1 is 1.06 bits per heavy atom. The monoisotopic (exact) mass is 222 g/mol. The van der Waals surface area contributed by atoms with Crippen molar-refractivity contribution in [3.8, 4) is 0 Å². The number of hydrogen-bond donors (Lipinski definition) is 2. The Bertz CT molecular complexity index is 514. The van der Waals surface area contributed by atoms with Gasteiger partial charge in [0.1, 0.15) is 0 Å². The van der Waals surface area contributed by atoms with Crippen LogP contribution >= 0.6 is 0 Å². The minimum absolute atomic E-state index is 0.0778. The third-order valence-corrected chi connectivity index (χ3v) is 2.45. The number of halogens is 2. The zero-order valence-electron chi connectivity index (χ0n) is 8.27. The molecule has 2 nitrogen and oxygen atoms in total. The highest BCUT2D eigenvalue weighted by Crippen LogP contribution is 2.26. The van der Waals surface area contributed by atoms with Gasteiger partial charge in [0.15, 0.2) is 0 Å². The first-order valence-corrected chi connectivity index (χ1v) is 4.76. The number of benzene rings is 2. The van der Waals surface area contributed by atoms with Crippen molar-refractivity contribution >= 4 is 23.4 Å². The third kappa shape index (κ3) is 1.92. The van der Waals surface area contributed by atoms with Crippen molar-refractivity contribution in [2.24, 2.45) is 0 Å². The molecule has 0 saturated carbocycles. The Hall–Kier alpha value is -1.46. The second-order valence-corrected chi connectivity index (χ2v) is 3.51. The quantitative estimate of drug-likeness (QED) is 0.755. The van der Waals surface area contributed by atoms with Crippen LogP contribution in [0.3, 0.4) is 0 Å². The van der Waals surface area contributed by atoms with E-state index in [9.17, 15) is 8.78 Å². The van der Waals surface area contributed by atoms with Crippen LogP contribution in [0, 0.1) is 0 Å². The van der Waals surface area contributed by atoms with Crippen LogP contribution in [0.2, 0.25) is 0 Å². The van der Waals surface area contributed by atoms with E-state index in [2.05, 4.69) is 0 Å². The molecular formula is C11H9BF2O2. The molecule has 0 aromatic heterocycles. The van der Waals surface area contributed by atoms with Crippen molar-refractivity contribution < 1.29 is 18.8 Å². The van der Waals surface area contributed by atoms with Gasteiger partial charge in [-0.3, -0.25) is 0 Å². The van der Waals surface area contributed by atoms with Crippen molar-refractivity contribution in [3.05, 3.63) is 42.0 Å². The maximum absolute atomic E-state index is 12.8. The predicted octanol–water partition coefficient (Wildman–Crippen LogP) is 1.46. The number of hydrogen-bond acceptors (Lipinski definition) is 2. The molecule has 0 bridgehead atoms. The molecule has 5 heteroatoms. The summed E-state index contributed by atoms with van der Waals surface area (Å²) >= 11 is 0. The average Bonchev–Trinajstić information content (AvgIpc) is 2.27. The van der Waals surface area contributed by atoms with E-state index in [4.69, 9.17) is 10.0 Å². The summed E-state index contributed by atoms with van der Waals surface area (Å²) in [6.45, 7) is 0. The Labute approximate surface area is 91.3 Å². The van der Waals surface area contributed by atoms with Gasteiger partial charge in [-0.1, -0.05) is 36.4 Å². The third-order valence-electron chi connectivity index (χ3n) is 2.45. The lowest BCUT2D eigenvalue weighted by Gasteiger charge is -2.09. The zero-order chi connectivity index (χ0) is 11.7. The van der Waals surface area contributed by atoms with E-state index in [-0.39, 0.29) is 11.0 Å². The van der Waals surface area contributed by atoms with E-state index in [0.29, 0.717) is 10.8 Å². The van der Waals surface area contributed by atoms with E-state index in [1.807, 2.05) is 0 Å². The van der Waals surface area contributed by atoms with Gasteiger partial charge in [0.05, 0.1) is 0 Å². The minimum atomic E-state index is -2.64. The zero-order valence-corrected chi connectivity index (χ0v) is 8.27. The van der Waals surface area contributed by atoms with Crippen molar-refractivity contribution in [2.75, 3.05) is 0 Å². The van der Waals surface area contributed by atoms with E-state index in [1.165, 1.54) is 6.07 Å². The van der Waals surface area contributed by atoms with Gasteiger partial charge in [-0.15, -0.1) is 0 Å². The lowest BCUT2D eigenvalue weighted by Crippen LogP contribution is -2.30. The van der Waals surface area contributed by atoms with Gasteiger partial charge in [0.2, 0.25) is 0 Å². The molecule has 2 aromatic carbocycles. The van der Waals surface area contributed by atoms with Crippen LogP contribution in [-0.2, 0) is 0 Å². The molecule has 0 aliphatic rings. The fraction of sp³-hybridized carbons (Fsp3) is 0.0909. The maximum atomic E-state index is 12.8. The van der Waals surface area contributed by atoms with Crippen molar-refractivity contribution in [1.29, 1.82) is 0 Å². The van der Waals surface area contributed by atoms with Gasteiger partial charge in [-0.25, -0.2) is 8.78 Å². The van der Waals surface area contributed by atoms with Gasteiger partial charge in [-0.05, 0) is 16.2 Å². The van der Waals surface area contributed by atoms with Gasteiger partial charge in [-0.2, -0.15) is 0 Å². The SMILES string of the molecule is OB(O)c1cc(C(F)F)c2ccccc2c1. The normalized spacial score (nSPS) is 11.1. The molecule has 2 rings (SSSR count). The first-order valence-electron chi connectivity index (χ1n) is 4.76. The van der Waals surface area contributed by atoms with Gasteiger partial charge in [0.25, 0.3) is 6.43 Å². The molecule has 0 unspecified atom stereocenters. The van der Waals surface area contributed by atoms with Gasteiger partial charge >= 0.3 is 7.12 Å². The molecule has 0 saturated heterocycles. The van der Waals surface area contributed by atoms with Crippen LogP contribution in [0.5, 0.6) is 0 Å². The summed E-state index contributed by atoms with van der Waals surface area (Å²) in [6, 6.07) is 9.25. The van der Waals surface area contributed by atoms with Crippen LogP contribution in [-0.4, -0.2) is 17.2 Å². The number of rotatable bonds is 2. The molecule has 0 amide bonds. The molecule has 0 radical (unpaired) electrons. The molecule has 0 heterocycles. The van der Waals surface area contributed by atoms with Crippen molar-refractivity contribution in [2.45, 2.75) is 6.43 Å². The summed E-state index contributed by atoms with van der Waals surface area (Å²) in [4.78, 5) is 0. The fourth-order valence-electron chi connectivity index (χ4n) is 1.69. The Morgan fingerprint density at radius 3 is 2.38 bits per heavy atom. The first-order chi connectivity index (χ1) is 7.59. The molecule has 0 aliphatic heterocycles. The minimum Gasteiger partial charge on any atom is -0.423 e. The fourth-order valence-corrected chi connectivity index (χ4v) is 1.69. The summed E-state index contributed by atoms with van der Waals surface area (Å²) in [5.74, 6) is 0. The van der Waals surface area contributed by atoms with Crippen LogP contribution in [0.15, 0.2) is 36.4 Å². The van der Waals surface area contributed by atoms with E-state index < -0.39 is 13.5 Å². The highest BCUT2D eigenvalue weighted by molar-refractivity contribution is 6.59. The van der Waals surface area contributed by atoms with Crippen LogP contribution in [0.4, 0.5) is 8.78 Å². The molecule has 16 heavy (non-hydrogen) atoms.